The predicted octanol–water partition coefficient (Wildman–Crippen LogP) is 2.06. The number of benzene rings is 2. The van der Waals surface area contributed by atoms with Gasteiger partial charge in [0.25, 0.3) is 5.91 Å². The van der Waals surface area contributed by atoms with Crippen LogP contribution in [-0.4, -0.2) is 44.4 Å². The third kappa shape index (κ3) is 3.27. The summed E-state index contributed by atoms with van der Waals surface area (Å²) in [5.41, 5.74) is 1.75. The van der Waals surface area contributed by atoms with Crippen molar-refractivity contribution in [2.45, 2.75) is 24.0 Å². The molecular weight excluding hydrogens is 458 g/mol. The molecule has 10 heteroatoms. The highest BCUT2D eigenvalue weighted by atomic mass is 35.5. The summed E-state index contributed by atoms with van der Waals surface area (Å²) in [7, 11) is -3.10. The first-order valence-corrected chi connectivity index (χ1v) is 11.9. The number of carbonyl (C=O) groups excluding carboxylic acids is 3. The molecule has 0 saturated carbocycles. The highest BCUT2D eigenvalue weighted by molar-refractivity contribution is 7.92. The molecular formula is C22H20ClNO7S. The number of carbonyl (C=O) groups is 3. The Morgan fingerprint density at radius 3 is 2.22 bits per heavy atom. The maximum absolute atomic E-state index is 13.4. The molecule has 4 atom stereocenters. The summed E-state index contributed by atoms with van der Waals surface area (Å²) in [4.78, 5) is 44.2. The van der Waals surface area contributed by atoms with Crippen molar-refractivity contribution in [1.29, 1.82) is 0 Å². The Bertz CT molecular complexity index is 1180. The quantitative estimate of drug-likeness (QED) is 0.531. The van der Waals surface area contributed by atoms with E-state index >= 15 is 0 Å². The minimum Gasteiger partial charge on any atom is -0.468 e. The number of hydrogen-bond donors (Lipinski definition) is 1. The van der Waals surface area contributed by atoms with Gasteiger partial charge in [0.05, 0.1) is 12.9 Å². The Hall–Kier alpha value is -2.91. The topological polar surface area (TPSA) is 116 Å². The molecule has 1 N–H and O–H groups in total. The third-order valence-electron chi connectivity index (χ3n) is 6.22. The normalized spacial score (nSPS) is 28.8. The van der Waals surface area contributed by atoms with E-state index in [0.29, 0.717) is 10.6 Å². The lowest BCUT2D eigenvalue weighted by molar-refractivity contribution is -0.153. The molecule has 1 unspecified atom stereocenters. The molecule has 1 spiro atoms. The number of ether oxygens (including phenoxy) is 1. The van der Waals surface area contributed by atoms with E-state index in [-0.39, 0.29) is 5.56 Å². The van der Waals surface area contributed by atoms with Crippen molar-refractivity contribution in [2.24, 2.45) is 5.41 Å². The van der Waals surface area contributed by atoms with Crippen LogP contribution >= 0.6 is 11.6 Å². The van der Waals surface area contributed by atoms with Gasteiger partial charge in [-0.1, -0.05) is 53.6 Å². The Labute approximate surface area is 189 Å². The first-order valence-electron chi connectivity index (χ1n) is 9.76. The molecule has 0 aliphatic carbocycles. The standard InChI is InChI=1S/C22H20ClNO7S/c1-12-3-5-13(6-4-12)16-11-32(28,29)18(19(25)30-2)17(14-7-9-15(23)10-8-14)22(16)20(26)24-31-21(22)27/h3-10,16-18H,11H2,1-2H3,(H,24,26)/t16-,17-,18+,22?/m0/s1. The van der Waals surface area contributed by atoms with Crippen LogP contribution in [0.1, 0.15) is 28.5 Å². The highest BCUT2D eigenvalue weighted by Gasteiger charge is 2.71. The molecule has 2 saturated heterocycles. The number of halogens is 1. The van der Waals surface area contributed by atoms with Gasteiger partial charge in [0.15, 0.2) is 20.5 Å². The lowest BCUT2D eigenvalue weighted by Crippen LogP contribution is -2.60. The minimum atomic E-state index is -4.16. The lowest BCUT2D eigenvalue weighted by atomic mass is 9.61. The van der Waals surface area contributed by atoms with Crippen LogP contribution in [0.15, 0.2) is 48.5 Å². The number of nitrogens with one attached hydrogen (secondary N) is 1. The van der Waals surface area contributed by atoms with Gasteiger partial charge < -0.3 is 9.57 Å². The Morgan fingerprint density at radius 2 is 1.69 bits per heavy atom. The Morgan fingerprint density at radius 1 is 1.09 bits per heavy atom. The molecule has 2 aliphatic heterocycles. The van der Waals surface area contributed by atoms with Crippen LogP contribution in [0.2, 0.25) is 5.02 Å². The maximum atomic E-state index is 13.4. The number of amides is 1. The summed E-state index contributed by atoms with van der Waals surface area (Å²) in [6.45, 7) is 1.86. The van der Waals surface area contributed by atoms with Gasteiger partial charge in [-0.15, -0.1) is 0 Å². The first-order chi connectivity index (χ1) is 15.1. The fourth-order valence-corrected chi connectivity index (χ4v) is 7.15. The molecule has 168 valence electrons. The fraction of sp³-hybridized carbons (Fsp3) is 0.318. The zero-order valence-electron chi connectivity index (χ0n) is 17.2. The van der Waals surface area contributed by atoms with Crippen molar-refractivity contribution >= 4 is 39.3 Å². The van der Waals surface area contributed by atoms with Crippen LogP contribution in [0.3, 0.4) is 0 Å². The number of rotatable bonds is 3. The summed E-state index contributed by atoms with van der Waals surface area (Å²) < 4.78 is 31.7. The van der Waals surface area contributed by atoms with Crippen LogP contribution in [0, 0.1) is 12.3 Å². The second kappa shape index (κ2) is 7.90. The SMILES string of the molecule is COC(=O)[C@H]1[C@H](c2ccc(Cl)cc2)C2(C(=O)NOC2=O)[C@H](c2ccc(C)cc2)CS1(=O)=O. The zero-order chi connectivity index (χ0) is 23.3. The summed E-state index contributed by atoms with van der Waals surface area (Å²) in [6.07, 6.45) is 0. The van der Waals surface area contributed by atoms with E-state index in [9.17, 15) is 22.8 Å². The van der Waals surface area contributed by atoms with E-state index in [1.165, 1.54) is 24.3 Å². The molecule has 0 bridgehead atoms. The van der Waals surface area contributed by atoms with Gasteiger partial charge in [0.1, 0.15) is 0 Å². The Kier molecular flexibility index (Phi) is 5.50. The van der Waals surface area contributed by atoms with Crippen molar-refractivity contribution in [3.05, 3.63) is 70.2 Å². The van der Waals surface area contributed by atoms with E-state index in [2.05, 4.69) is 5.48 Å². The maximum Gasteiger partial charge on any atom is 0.349 e. The first kappa shape index (κ1) is 22.3. The molecule has 2 aromatic rings. The molecule has 2 aliphatic rings. The average molecular weight is 478 g/mol. The lowest BCUT2D eigenvalue weighted by Gasteiger charge is -2.45. The minimum absolute atomic E-state index is 0.277. The van der Waals surface area contributed by atoms with E-state index in [0.717, 1.165) is 12.7 Å². The van der Waals surface area contributed by atoms with Crippen molar-refractivity contribution in [2.75, 3.05) is 12.9 Å². The summed E-state index contributed by atoms with van der Waals surface area (Å²) in [6, 6.07) is 12.9. The van der Waals surface area contributed by atoms with Crippen molar-refractivity contribution in [3.8, 4) is 0 Å². The molecule has 2 fully saturated rings. The summed E-state index contributed by atoms with van der Waals surface area (Å²) in [5, 5.41) is -1.42. The molecule has 32 heavy (non-hydrogen) atoms. The number of sulfone groups is 1. The highest BCUT2D eigenvalue weighted by Crippen LogP contribution is 2.57. The van der Waals surface area contributed by atoms with E-state index in [4.69, 9.17) is 21.2 Å². The molecule has 8 nitrogen and oxygen atoms in total. The second-order valence-electron chi connectivity index (χ2n) is 7.96. The molecule has 0 aromatic heterocycles. The second-order valence-corrected chi connectivity index (χ2v) is 10.6. The van der Waals surface area contributed by atoms with Crippen LogP contribution < -0.4 is 5.48 Å². The average Bonchev–Trinajstić information content (AvgIpc) is 3.05. The van der Waals surface area contributed by atoms with E-state index < -0.39 is 55.9 Å². The van der Waals surface area contributed by atoms with Gasteiger partial charge in [-0.2, -0.15) is 5.48 Å². The number of methoxy groups -OCH3 is 1. The van der Waals surface area contributed by atoms with Crippen molar-refractivity contribution in [1.82, 2.24) is 5.48 Å². The largest absolute Gasteiger partial charge is 0.468 e. The van der Waals surface area contributed by atoms with Gasteiger partial charge in [-0.05, 0) is 30.2 Å². The van der Waals surface area contributed by atoms with Gasteiger partial charge in [0.2, 0.25) is 0 Å². The Balaban J connectivity index is 2.05. The predicted molar refractivity (Wildman–Crippen MR) is 114 cm³/mol. The molecule has 2 aromatic carbocycles. The van der Waals surface area contributed by atoms with Gasteiger partial charge in [0, 0.05) is 16.9 Å². The van der Waals surface area contributed by atoms with Crippen LogP contribution in [-0.2, 0) is 33.8 Å². The monoisotopic (exact) mass is 477 g/mol. The number of esters is 1. The van der Waals surface area contributed by atoms with E-state index in [1.54, 1.807) is 24.3 Å². The van der Waals surface area contributed by atoms with Crippen LogP contribution in [0.5, 0.6) is 0 Å². The van der Waals surface area contributed by atoms with Gasteiger partial charge in [-0.3, -0.25) is 9.59 Å². The van der Waals surface area contributed by atoms with E-state index in [1.807, 2.05) is 6.92 Å². The summed E-state index contributed by atoms with van der Waals surface area (Å²) >= 11 is 6.00. The smallest absolute Gasteiger partial charge is 0.349 e. The summed E-state index contributed by atoms with van der Waals surface area (Å²) in [5.74, 6) is -5.91. The number of hydrogen-bond acceptors (Lipinski definition) is 7. The molecule has 1 amide bonds. The van der Waals surface area contributed by atoms with Crippen LogP contribution in [0.4, 0.5) is 0 Å². The number of hydroxylamine groups is 1. The van der Waals surface area contributed by atoms with Gasteiger partial charge >= 0.3 is 11.9 Å². The molecule has 4 rings (SSSR count). The molecule has 0 radical (unpaired) electrons. The van der Waals surface area contributed by atoms with Crippen LogP contribution in [0.25, 0.3) is 0 Å². The molecule has 2 heterocycles. The van der Waals surface area contributed by atoms with Crippen molar-refractivity contribution < 1.29 is 32.4 Å². The number of aryl methyl sites for hydroxylation is 1. The fourth-order valence-electron chi connectivity index (χ4n) is 4.72. The van der Waals surface area contributed by atoms with Gasteiger partial charge in [-0.25, -0.2) is 13.2 Å². The van der Waals surface area contributed by atoms with Crippen molar-refractivity contribution in [3.63, 3.8) is 0 Å². The zero-order valence-corrected chi connectivity index (χ0v) is 18.8. The third-order valence-corrected chi connectivity index (χ3v) is 8.51.